The second-order valence-corrected chi connectivity index (χ2v) is 5.06. The molecule has 0 aromatic carbocycles. The van der Waals surface area contributed by atoms with Crippen LogP contribution < -0.4 is 10.6 Å². The van der Waals surface area contributed by atoms with E-state index in [0.29, 0.717) is 12.5 Å². The summed E-state index contributed by atoms with van der Waals surface area (Å²) >= 11 is 0. The predicted octanol–water partition coefficient (Wildman–Crippen LogP) is 0.585. The van der Waals surface area contributed by atoms with Crippen molar-refractivity contribution in [3.05, 3.63) is 0 Å². The third kappa shape index (κ3) is 5.47. The molecule has 2 N–H and O–H groups in total. The minimum atomic E-state index is 0.186. The van der Waals surface area contributed by atoms with Gasteiger partial charge in [-0.2, -0.15) is 0 Å². The topological polar surface area (TPSA) is 44.4 Å². The van der Waals surface area contributed by atoms with Crippen molar-refractivity contribution in [3.8, 4) is 0 Å². The number of hydrogen-bond donors (Lipinski definition) is 2. The van der Waals surface area contributed by atoms with Gasteiger partial charge >= 0.3 is 0 Å². The molecule has 0 saturated carbocycles. The zero-order valence-electron chi connectivity index (χ0n) is 10.8. The number of carbonyl (C=O) groups excluding carboxylic acids is 1. The molecule has 0 aliphatic carbocycles. The summed E-state index contributed by atoms with van der Waals surface area (Å²) in [4.78, 5) is 13.8. The smallest absolute Gasteiger partial charge is 0.221 e. The summed E-state index contributed by atoms with van der Waals surface area (Å²) in [7, 11) is 4.11. The highest BCUT2D eigenvalue weighted by atomic mass is 16.1. The van der Waals surface area contributed by atoms with Crippen LogP contribution in [0.4, 0.5) is 0 Å². The first-order chi connectivity index (χ1) is 7.58. The van der Waals surface area contributed by atoms with Gasteiger partial charge in [0.05, 0.1) is 0 Å². The van der Waals surface area contributed by atoms with Crippen molar-refractivity contribution in [2.75, 3.05) is 27.2 Å². The molecule has 1 rings (SSSR count). The molecule has 0 aromatic heterocycles. The first-order valence-electron chi connectivity index (χ1n) is 6.25. The Balaban J connectivity index is 2.12. The lowest BCUT2D eigenvalue weighted by Crippen LogP contribution is -2.38. The van der Waals surface area contributed by atoms with E-state index in [9.17, 15) is 4.79 Å². The Morgan fingerprint density at radius 3 is 2.88 bits per heavy atom. The van der Waals surface area contributed by atoms with E-state index in [1.54, 1.807) is 0 Å². The van der Waals surface area contributed by atoms with E-state index >= 15 is 0 Å². The Kier molecular flexibility index (Phi) is 5.77. The van der Waals surface area contributed by atoms with Crippen molar-refractivity contribution in [2.24, 2.45) is 0 Å². The van der Waals surface area contributed by atoms with Gasteiger partial charge in [-0.05, 0) is 53.4 Å². The predicted molar refractivity (Wildman–Crippen MR) is 66.4 cm³/mol. The average Bonchev–Trinajstić information content (AvgIpc) is 2.67. The fourth-order valence-corrected chi connectivity index (χ4v) is 2.01. The van der Waals surface area contributed by atoms with Crippen LogP contribution in [0, 0.1) is 0 Å². The van der Waals surface area contributed by atoms with E-state index in [1.165, 1.54) is 6.42 Å². The van der Waals surface area contributed by atoms with Gasteiger partial charge in [-0.25, -0.2) is 0 Å². The number of carbonyl (C=O) groups is 1. The average molecular weight is 227 g/mol. The van der Waals surface area contributed by atoms with Crippen molar-refractivity contribution in [2.45, 2.75) is 44.7 Å². The molecule has 1 aliphatic rings. The van der Waals surface area contributed by atoms with Crippen LogP contribution in [0.5, 0.6) is 0 Å². The van der Waals surface area contributed by atoms with Crippen molar-refractivity contribution in [1.82, 2.24) is 15.5 Å². The molecule has 0 bridgehead atoms. The van der Waals surface area contributed by atoms with E-state index in [2.05, 4.69) is 36.6 Å². The first kappa shape index (κ1) is 13.5. The zero-order valence-corrected chi connectivity index (χ0v) is 10.8. The maximum absolute atomic E-state index is 11.7. The molecule has 2 atom stereocenters. The summed E-state index contributed by atoms with van der Waals surface area (Å²) in [6, 6.07) is 0.678. The minimum Gasteiger partial charge on any atom is -0.354 e. The molecule has 94 valence electrons. The largest absolute Gasteiger partial charge is 0.354 e. The van der Waals surface area contributed by atoms with Gasteiger partial charge < -0.3 is 15.5 Å². The van der Waals surface area contributed by atoms with Crippen LogP contribution in [0.15, 0.2) is 0 Å². The lowest BCUT2D eigenvalue weighted by atomic mass is 10.1. The van der Waals surface area contributed by atoms with Gasteiger partial charge in [-0.1, -0.05) is 0 Å². The molecule has 1 amide bonds. The van der Waals surface area contributed by atoms with Crippen LogP contribution in [0.25, 0.3) is 0 Å². The highest BCUT2D eigenvalue weighted by Gasteiger charge is 2.18. The van der Waals surface area contributed by atoms with Gasteiger partial charge in [0.15, 0.2) is 0 Å². The quantitative estimate of drug-likeness (QED) is 0.698. The maximum Gasteiger partial charge on any atom is 0.221 e. The van der Waals surface area contributed by atoms with Crippen molar-refractivity contribution in [3.63, 3.8) is 0 Å². The Morgan fingerprint density at radius 2 is 2.31 bits per heavy atom. The molecule has 4 heteroatoms. The fraction of sp³-hybridized carbons (Fsp3) is 0.917. The van der Waals surface area contributed by atoms with Gasteiger partial charge in [0.2, 0.25) is 5.91 Å². The van der Waals surface area contributed by atoms with Gasteiger partial charge in [-0.3, -0.25) is 4.79 Å². The summed E-state index contributed by atoms with van der Waals surface area (Å²) in [5, 5.41) is 6.40. The maximum atomic E-state index is 11.7. The molecule has 1 aliphatic heterocycles. The summed E-state index contributed by atoms with van der Waals surface area (Å²) in [5.41, 5.74) is 0. The van der Waals surface area contributed by atoms with E-state index in [4.69, 9.17) is 0 Å². The van der Waals surface area contributed by atoms with Crippen LogP contribution in [-0.4, -0.2) is 50.1 Å². The second-order valence-electron chi connectivity index (χ2n) is 5.06. The molecule has 1 saturated heterocycles. The van der Waals surface area contributed by atoms with E-state index < -0.39 is 0 Å². The van der Waals surface area contributed by atoms with E-state index in [-0.39, 0.29) is 11.9 Å². The first-order valence-corrected chi connectivity index (χ1v) is 6.25. The molecular formula is C12H25N3O. The van der Waals surface area contributed by atoms with Gasteiger partial charge in [0.1, 0.15) is 0 Å². The molecule has 4 nitrogen and oxygen atoms in total. The van der Waals surface area contributed by atoms with Crippen molar-refractivity contribution >= 4 is 5.91 Å². The van der Waals surface area contributed by atoms with Crippen molar-refractivity contribution in [1.29, 1.82) is 0 Å². The summed E-state index contributed by atoms with van der Waals surface area (Å²) in [5.74, 6) is 0.186. The Labute approximate surface area is 98.8 Å². The summed E-state index contributed by atoms with van der Waals surface area (Å²) in [6.07, 6.45) is 3.98. The molecule has 1 heterocycles. The standard InChI is InChI=1S/C12H25N3O/c1-10(6-8-15(2)3)14-12(16)9-11-5-4-7-13-11/h10-11,13H,4-9H2,1-3H3,(H,14,16). The highest BCUT2D eigenvalue weighted by Crippen LogP contribution is 2.08. The van der Waals surface area contributed by atoms with Gasteiger partial charge in [0, 0.05) is 18.5 Å². The minimum absolute atomic E-state index is 0.186. The summed E-state index contributed by atoms with van der Waals surface area (Å²) in [6.45, 7) is 4.15. The number of nitrogens with one attached hydrogen (secondary N) is 2. The molecule has 0 aromatic rings. The normalized spacial score (nSPS) is 22.4. The van der Waals surface area contributed by atoms with Crippen LogP contribution in [0.3, 0.4) is 0 Å². The molecule has 2 unspecified atom stereocenters. The second kappa shape index (κ2) is 6.86. The van der Waals surface area contributed by atoms with Crippen LogP contribution >= 0.6 is 0 Å². The monoisotopic (exact) mass is 227 g/mol. The van der Waals surface area contributed by atoms with Gasteiger partial charge in [0.25, 0.3) is 0 Å². The van der Waals surface area contributed by atoms with E-state index in [1.807, 2.05) is 0 Å². The van der Waals surface area contributed by atoms with E-state index in [0.717, 1.165) is 25.9 Å². The number of hydrogen-bond acceptors (Lipinski definition) is 3. The molecule has 1 fully saturated rings. The number of nitrogens with zero attached hydrogens (tertiary/aromatic N) is 1. The molecular weight excluding hydrogens is 202 g/mol. The Hall–Kier alpha value is -0.610. The van der Waals surface area contributed by atoms with Gasteiger partial charge in [-0.15, -0.1) is 0 Å². The Bertz CT molecular complexity index is 212. The SMILES string of the molecule is CC(CCN(C)C)NC(=O)CC1CCCN1. The van der Waals surface area contributed by atoms with Crippen LogP contribution in [-0.2, 0) is 4.79 Å². The lowest BCUT2D eigenvalue weighted by Gasteiger charge is -2.18. The fourth-order valence-electron chi connectivity index (χ4n) is 2.01. The summed E-state index contributed by atoms with van der Waals surface area (Å²) < 4.78 is 0. The molecule has 0 spiro atoms. The Morgan fingerprint density at radius 1 is 1.56 bits per heavy atom. The highest BCUT2D eigenvalue weighted by molar-refractivity contribution is 5.76. The lowest BCUT2D eigenvalue weighted by molar-refractivity contribution is -0.122. The van der Waals surface area contributed by atoms with Crippen LogP contribution in [0.2, 0.25) is 0 Å². The third-order valence-electron chi connectivity index (χ3n) is 3.01. The third-order valence-corrected chi connectivity index (χ3v) is 3.01. The van der Waals surface area contributed by atoms with Crippen molar-refractivity contribution < 1.29 is 4.79 Å². The number of amides is 1. The molecule has 0 radical (unpaired) electrons. The molecule has 16 heavy (non-hydrogen) atoms. The van der Waals surface area contributed by atoms with Crippen LogP contribution in [0.1, 0.15) is 32.6 Å². The number of rotatable bonds is 6. The zero-order chi connectivity index (χ0) is 12.0.